The van der Waals surface area contributed by atoms with Crippen LogP contribution in [0.15, 0.2) is 12.4 Å². The van der Waals surface area contributed by atoms with E-state index in [1.807, 2.05) is 6.07 Å². The van der Waals surface area contributed by atoms with Gasteiger partial charge in [-0.2, -0.15) is 5.10 Å². The minimum absolute atomic E-state index is 0.00866. The van der Waals surface area contributed by atoms with Crippen molar-refractivity contribution in [3.63, 3.8) is 0 Å². The van der Waals surface area contributed by atoms with Gasteiger partial charge in [-0.3, -0.25) is 5.10 Å². The van der Waals surface area contributed by atoms with Crippen LogP contribution in [-0.2, 0) is 5.41 Å². The molecule has 0 bridgehead atoms. The van der Waals surface area contributed by atoms with Crippen LogP contribution in [0, 0.1) is 4.64 Å². The average Bonchev–Trinajstić information content (AvgIpc) is 2.68. The Labute approximate surface area is 98.4 Å². The van der Waals surface area contributed by atoms with Crippen LogP contribution < -0.4 is 0 Å². The molecule has 0 spiro atoms. The number of rotatable bonds is 1. The summed E-state index contributed by atoms with van der Waals surface area (Å²) in [5.41, 5.74) is 1.02. The largest absolute Gasteiger partial charge is 0.340 e. The van der Waals surface area contributed by atoms with Gasteiger partial charge in [-0.15, -0.1) is 0 Å². The third-order valence-electron chi connectivity index (χ3n) is 2.19. The summed E-state index contributed by atoms with van der Waals surface area (Å²) >= 11 is 5.14. The van der Waals surface area contributed by atoms with Crippen molar-refractivity contribution >= 4 is 12.2 Å². The second-order valence-corrected chi connectivity index (χ2v) is 4.98. The first-order valence-electron chi connectivity index (χ1n) is 4.94. The van der Waals surface area contributed by atoms with Gasteiger partial charge in [0, 0.05) is 11.1 Å². The highest BCUT2D eigenvalue weighted by Gasteiger charge is 2.16. The highest BCUT2D eigenvalue weighted by Crippen LogP contribution is 2.21. The molecule has 0 aromatic carbocycles. The first kappa shape index (κ1) is 10.9. The molecule has 0 amide bonds. The van der Waals surface area contributed by atoms with E-state index in [1.54, 1.807) is 0 Å². The molecule has 6 heteroatoms. The molecule has 0 aliphatic heterocycles. The zero-order valence-electron chi connectivity index (χ0n) is 9.40. The van der Waals surface area contributed by atoms with Crippen molar-refractivity contribution in [3.05, 3.63) is 22.7 Å². The molecule has 2 rings (SSSR count). The van der Waals surface area contributed by atoms with Gasteiger partial charge in [-0.05, 0) is 6.07 Å². The predicted octanol–water partition coefficient (Wildman–Crippen LogP) is 2.22. The fraction of sp³-hybridized carbons (Fsp3) is 0.400. The lowest BCUT2D eigenvalue weighted by atomic mass is 9.92. The van der Waals surface area contributed by atoms with Crippen molar-refractivity contribution in [2.45, 2.75) is 26.2 Å². The van der Waals surface area contributed by atoms with E-state index in [2.05, 4.69) is 45.9 Å². The van der Waals surface area contributed by atoms with Crippen molar-refractivity contribution < 1.29 is 0 Å². The molecule has 84 valence electrons. The van der Waals surface area contributed by atoms with E-state index in [0.29, 0.717) is 16.3 Å². The molecule has 2 heterocycles. The lowest BCUT2D eigenvalue weighted by molar-refractivity contribution is 0.567. The molecule has 0 saturated heterocycles. The second kappa shape index (κ2) is 3.79. The summed E-state index contributed by atoms with van der Waals surface area (Å²) < 4.78 is 0.551. The number of aromatic nitrogens is 5. The molecule has 0 fully saturated rings. The number of H-pyrrole nitrogens is 2. The van der Waals surface area contributed by atoms with Crippen LogP contribution in [0.1, 0.15) is 26.5 Å². The molecule has 0 aliphatic rings. The first-order valence-corrected chi connectivity index (χ1v) is 5.35. The van der Waals surface area contributed by atoms with Crippen LogP contribution >= 0.6 is 12.2 Å². The van der Waals surface area contributed by atoms with Crippen LogP contribution in [-0.4, -0.2) is 25.1 Å². The van der Waals surface area contributed by atoms with Gasteiger partial charge in [0.25, 0.3) is 0 Å². The lowest BCUT2D eigenvalue weighted by Crippen LogP contribution is -2.14. The van der Waals surface area contributed by atoms with Gasteiger partial charge < -0.3 is 4.98 Å². The highest BCUT2D eigenvalue weighted by atomic mass is 32.1. The maximum Gasteiger partial charge on any atom is 0.191 e. The SMILES string of the molecule is CC(C)(C)c1cc(=S)nc(-c2ncn[nH]2)[nH]1. The minimum Gasteiger partial charge on any atom is -0.340 e. The van der Waals surface area contributed by atoms with Gasteiger partial charge in [0.05, 0.1) is 0 Å². The van der Waals surface area contributed by atoms with Crippen molar-refractivity contribution in [1.29, 1.82) is 0 Å². The normalized spacial score (nSPS) is 11.7. The Bertz CT molecular complexity index is 535. The number of nitrogens with one attached hydrogen (secondary N) is 2. The van der Waals surface area contributed by atoms with Gasteiger partial charge in [-0.25, -0.2) is 9.97 Å². The van der Waals surface area contributed by atoms with Crippen LogP contribution in [0.2, 0.25) is 0 Å². The third-order valence-corrected chi connectivity index (χ3v) is 2.40. The summed E-state index contributed by atoms with van der Waals surface area (Å²) in [5.74, 6) is 1.21. The summed E-state index contributed by atoms with van der Waals surface area (Å²) in [6, 6.07) is 1.87. The van der Waals surface area contributed by atoms with Crippen molar-refractivity contribution in [3.8, 4) is 11.6 Å². The number of aromatic amines is 2. The standard InChI is InChI=1S/C10H13N5S/c1-10(2,3)6-4-7(16)14-9(13-6)8-11-5-12-15-8/h4-5H,1-3H3,(H,11,12,15)(H,13,14,16). The molecule has 0 saturated carbocycles. The molecular formula is C10H13N5S. The van der Waals surface area contributed by atoms with E-state index < -0.39 is 0 Å². The number of hydrogen-bond acceptors (Lipinski definition) is 4. The monoisotopic (exact) mass is 235 g/mol. The van der Waals surface area contributed by atoms with Crippen LogP contribution in [0.3, 0.4) is 0 Å². The second-order valence-electron chi connectivity index (χ2n) is 4.57. The predicted molar refractivity (Wildman–Crippen MR) is 63.5 cm³/mol. The van der Waals surface area contributed by atoms with E-state index >= 15 is 0 Å². The van der Waals surface area contributed by atoms with Crippen molar-refractivity contribution in [2.24, 2.45) is 0 Å². The van der Waals surface area contributed by atoms with Gasteiger partial charge in [0.15, 0.2) is 11.6 Å². The Balaban J connectivity index is 2.57. The van der Waals surface area contributed by atoms with Gasteiger partial charge in [0.1, 0.15) is 11.0 Å². The minimum atomic E-state index is -0.00866. The third kappa shape index (κ3) is 2.16. The molecule has 0 aliphatic carbocycles. The Morgan fingerprint density at radius 2 is 2.00 bits per heavy atom. The summed E-state index contributed by atoms with van der Waals surface area (Å²) in [4.78, 5) is 11.5. The smallest absolute Gasteiger partial charge is 0.191 e. The molecule has 2 N–H and O–H groups in total. The molecule has 0 atom stereocenters. The van der Waals surface area contributed by atoms with E-state index in [4.69, 9.17) is 12.2 Å². The van der Waals surface area contributed by atoms with Crippen molar-refractivity contribution in [2.75, 3.05) is 0 Å². The van der Waals surface area contributed by atoms with E-state index in [9.17, 15) is 0 Å². The molecule has 0 radical (unpaired) electrons. The topological polar surface area (TPSA) is 70.2 Å². The van der Waals surface area contributed by atoms with E-state index in [0.717, 1.165) is 5.69 Å². The Morgan fingerprint density at radius 1 is 1.25 bits per heavy atom. The summed E-state index contributed by atoms with van der Waals surface area (Å²) in [5, 5.41) is 6.55. The molecule has 2 aromatic heterocycles. The van der Waals surface area contributed by atoms with Crippen molar-refractivity contribution in [1.82, 2.24) is 25.1 Å². The Morgan fingerprint density at radius 3 is 2.56 bits per heavy atom. The van der Waals surface area contributed by atoms with Gasteiger partial charge >= 0.3 is 0 Å². The average molecular weight is 235 g/mol. The summed E-state index contributed by atoms with van der Waals surface area (Å²) in [6.07, 6.45) is 1.44. The molecule has 5 nitrogen and oxygen atoms in total. The fourth-order valence-electron chi connectivity index (χ4n) is 1.29. The highest BCUT2D eigenvalue weighted by molar-refractivity contribution is 7.71. The molecule has 0 unspecified atom stereocenters. The zero-order chi connectivity index (χ0) is 11.8. The lowest BCUT2D eigenvalue weighted by Gasteiger charge is -2.18. The molecule has 2 aromatic rings. The van der Waals surface area contributed by atoms with E-state index in [-0.39, 0.29) is 5.41 Å². The van der Waals surface area contributed by atoms with Crippen LogP contribution in [0.4, 0.5) is 0 Å². The van der Waals surface area contributed by atoms with Crippen LogP contribution in [0.5, 0.6) is 0 Å². The summed E-state index contributed by atoms with van der Waals surface area (Å²) in [6.45, 7) is 6.33. The van der Waals surface area contributed by atoms with Gasteiger partial charge in [-0.1, -0.05) is 33.0 Å². The Hall–Kier alpha value is -1.56. The molecule has 16 heavy (non-hydrogen) atoms. The fourth-order valence-corrected chi connectivity index (χ4v) is 1.50. The maximum absolute atomic E-state index is 5.14. The van der Waals surface area contributed by atoms with E-state index in [1.165, 1.54) is 6.33 Å². The maximum atomic E-state index is 5.14. The number of hydrogen-bond donors (Lipinski definition) is 2. The van der Waals surface area contributed by atoms with Crippen LogP contribution in [0.25, 0.3) is 11.6 Å². The number of nitrogens with zero attached hydrogens (tertiary/aromatic N) is 3. The zero-order valence-corrected chi connectivity index (χ0v) is 10.2. The quantitative estimate of drug-likeness (QED) is 0.743. The Kier molecular flexibility index (Phi) is 2.59. The summed E-state index contributed by atoms with van der Waals surface area (Å²) in [7, 11) is 0. The molecular weight excluding hydrogens is 222 g/mol. The van der Waals surface area contributed by atoms with Gasteiger partial charge in [0.2, 0.25) is 0 Å². The first-order chi connectivity index (χ1) is 7.47.